The summed E-state index contributed by atoms with van der Waals surface area (Å²) in [6.07, 6.45) is 6.64. The standard InChI is InChI=1S/C15H22O4/c1-6-8-13(9-11(3)10-18-5)14(16)12(4)15(17)19-7-2/h6,8-10,12H,7H2,1-5H3/b8-6-,11-10+,13-9+. The summed E-state index contributed by atoms with van der Waals surface area (Å²) in [5.74, 6) is -1.57. The Kier molecular flexibility index (Phi) is 8.25. The van der Waals surface area contributed by atoms with Crippen LogP contribution < -0.4 is 0 Å². The summed E-state index contributed by atoms with van der Waals surface area (Å²) in [7, 11) is 1.54. The number of hydrogen-bond acceptors (Lipinski definition) is 4. The fraction of sp³-hybridized carbons (Fsp3) is 0.467. The predicted octanol–water partition coefficient (Wildman–Crippen LogP) is 2.81. The first-order chi connectivity index (χ1) is 8.97. The van der Waals surface area contributed by atoms with Gasteiger partial charge in [0, 0.05) is 5.57 Å². The van der Waals surface area contributed by atoms with Gasteiger partial charge < -0.3 is 9.47 Å². The van der Waals surface area contributed by atoms with Crippen molar-refractivity contribution in [3.05, 3.63) is 35.6 Å². The van der Waals surface area contributed by atoms with Crippen LogP contribution in [0.5, 0.6) is 0 Å². The molecule has 0 aliphatic heterocycles. The first kappa shape index (κ1) is 17.2. The summed E-state index contributed by atoms with van der Waals surface area (Å²) >= 11 is 0. The Hall–Kier alpha value is -1.84. The van der Waals surface area contributed by atoms with Gasteiger partial charge in [-0.25, -0.2) is 0 Å². The number of allylic oxidation sites excluding steroid dienone is 5. The van der Waals surface area contributed by atoms with Crippen molar-refractivity contribution in [3.8, 4) is 0 Å². The molecule has 0 aromatic carbocycles. The molecule has 0 N–H and O–H groups in total. The van der Waals surface area contributed by atoms with Gasteiger partial charge in [0.15, 0.2) is 5.78 Å². The number of ether oxygens (including phenoxy) is 2. The molecule has 106 valence electrons. The Labute approximate surface area is 114 Å². The quantitative estimate of drug-likeness (QED) is 0.234. The van der Waals surface area contributed by atoms with E-state index in [4.69, 9.17) is 9.47 Å². The van der Waals surface area contributed by atoms with E-state index in [1.807, 2.05) is 13.8 Å². The van der Waals surface area contributed by atoms with E-state index in [-0.39, 0.29) is 12.4 Å². The third kappa shape index (κ3) is 6.04. The molecule has 0 aliphatic carbocycles. The third-order valence-electron chi connectivity index (χ3n) is 2.35. The first-order valence-electron chi connectivity index (χ1n) is 6.22. The summed E-state index contributed by atoms with van der Waals surface area (Å²) in [4.78, 5) is 23.8. The van der Waals surface area contributed by atoms with Crippen LogP contribution in [0.4, 0.5) is 0 Å². The summed E-state index contributed by atoms with van der Waals surface area (Å²) in [5.41, 5.74) is 1.24. The Morgan fingerprint density at radius 2 is 1.95 bits per heavy atom. The maximum Gasteiger partial charge on any atom is 0.316 e. The second kappa shape index (κ2) is 9.14. The molecule has 0 bridgehead atoms. The third-order valence-corrected chi connectivity index (χ3v) is 2.35. The molecule has 0 fully saturated rings. The Balaban J connectivity index is 5.15. The summed E-state index contributed by atoms with van der Waals surface area (Å²) in [6, 6.07) is 0. The minimum Gasteiger partial charge on any atom is -0.504 e. The number of hydrogen-bond donors (Lipinski definition) is 0. The lowest BCUT2D eigenvalue weighted by Gasteiger charge is -2.10. The molecule has 0 saturated carbocycles. The minimum atomic E-state index is -0.808. The van der Waals surface area contributed by atoms with Crippen LogP contribution in [0.2, 0.25) is 0 Å². The molecule has 1 unspecified atom stereocenters. The Morgan fingerprint density at radius 1 is 1.32 bits per heavy atom. The molecule has 0 rings (SSSR count). The zero-order chi connectivity index (χ0) is 14.8. The van der Waals surface area contributed by atoms with Gasteiger partial charge in [0.05, 0.1) is 20.0 Å². The lowest BCUT2D eigenvalue weighted by Crippen LogP contribution is -2.24. The van der Waals surface area contributed by atoms with Gasteiger partial charge in [0.25, 0.3) is 0 Å². The zero-order valence-corrected chi connectivity index (χ0v) is 12.2. The molecule has 0 amide bonds. The van der Waals surface area contributed by atoms with Gasteiger partial charge in [0.2, 0.25) is 0 Å². The summed E-state index contributed by atoms with van der Waals surface area (Å²) in [5, 5.41) is 0. The molecule has 0 radical (unpaired) electrons. The van der Waals surface area contributed by atoms with Crippen molar-refractivity contribution in [3.63, 3.8) is 0 Å². The van der Waals surface area contributed by atoms with E-state index in [0.717, 1.165) is 5.57 Å². The minimum absolute atomic E-state index is 0.264. The number of rotatable bonds is 7. The molecule has 0 aliphatic rings. The van der Waals surface area contributed by atoms with E-state index >= 15 is 0 Å². The fourth-order valence-electron chi connectivity index (χ4n) is 1.47. The molecule has 19 heavy (non-hydrogen) atoms. The number of esters is 1. The topological polar surface area (TPSA) is 52.6 Å². The highest BCUT2D eigenvalue weighted by Crippen LogP contribution is 2.13. The second-order valence-electron chi connectivity index (χ2n) is 4.04. The van der Waals surface area contributed by atoms with Gasteiger partial charge >= 0.3 is 5.97 Å². The molecular formula is C15H22O4. The average molecular weight is 266 g/mol. The second-order valence-corrected chi connectivity index (χ2v) is 4.04. The summed E-state index contributed by atoms with van der Waals surface area (Å²) in [6.45, 7) is 7.15. The maximum absolute atomic E-state index is 12.2. The van der Waals surface area contributed by atoms with Crippen LogP contribution in [0.25, 0.3) is 0 Å². The number of carbonyl (C=O) groups is 2. The van der Waals surface area contributed by atoms with Crippen LogP contribution in [0.1, 0.15) is 27.7 Å². The number of methoxy groups -OCH3 is 1. The van der Waals surface area contributed by atoms with E-state index in [0.29, 0.717) is 5.57 Å². The molecule has 0 aromatic heterocycles. The zero-order valence-electron chi connectivity index (χ0n) is 12.2. The van der Waals surface area contributed by atoms with Crippen molar-refractivity contribution >= 4 is 11.8 Å². The van der Waals surface area contributed by atoms with E-state index in [2.05, 4.69) is 0 Å². The molecule has 4 heteroatoms. The fourth-order valence-corrected chi connectivity index (χ4v) is 1.47. The van der Waals surface area contributed by atoms with Gasteiger partial charge in [-0.05, 0) is 39.3 Å². The number of carbonyl (C=O) groups excluding carboxylic acids is 2. The van der Waals surface area contributed by atoms with Crippen LogP contribution in [0.3, 0.4) is 0 Å². The molecule has 0 saturated heterocycles. The number of Topliss-reactive ketones (excluding diaryl/α,β-unsaturated/α-hetero) is 1. The predicted molar refractivity (Wildman–Crippen MR) is 74.5 cm³/mol. The highest BCUT2D eigenvalue weighted by molar-refractivity contribution is 6.09. The van der Waals surface area contributed by atoms with Crippen LogP contribution in [0, 0.1) is 5.92 Å². The molecular weight excluding hydrogens is 244 g/mol. The van der Waals surface area contributed by atoms with Crippen LogP contribution in [-0.4, -0.2) is 25.5 Å². The molecule has 1 atom stereocenters. The van der Waals surface area contributed by atoms with Crippen molar-refractivity contribution < 1.29 is 19.1 Å². The highest BCUT2D eigenvalue weighted by Gasteiger charge is 2.24. The van der Waals surface area contributed by atoms with Gasteiger partial charge in [0.1, 0.15) is 5.92 Å². The van der Waals surface area contributed by atoms with Crippen molar-refractivity contribution in [2.75, 3.05) is 13.7 Å². The summed E-state index contributed by atoms with van der Waals surface area (Å²) < 4.78 is 9.73. The largest absolute Gasteiger partial charge is 0.504 e. The lowest BCUT2D eigenvalue weighted by atomic mass is 9.97. The maximum atomic E-state index is 12.2. The van der Waals surface area contributed by atoms with Crippen LogP contribution >= 0.6 is 0 Å². The Morgan fingerprint density at radius 3 is 2.42 bits per heavy atom. The van der Waals surface area contributed by atoms with E-state index in [1.54, 1.807) is 32.1 Å². The van der Waals surface area contributed by atoms with E-state index < -0.39 is 11.9 Å². The monoisotopic (exact) mass is 266 g/mol. The van der Waals surface area contributed by atoms with Crippen molar-refractivity contribution in [2.45, 2.75) is 27.7 Å². The first-order valence-corrected chi connectivity index (χ1v) is 6.22. The van der Waals surface area contributed by atoms with Gasteiger partial charge in [-0.15, -0.1) is 0 Å². The lowest BCUT2D eigenvalue weighted by molar-refractivity contribution is -0.149. The van der Waals surface area contributed by atoms with Crippen LogP contribution in [-0.2, 0) is 19.1 Å². The van der Waals surface area contributed by atoms with Gasteiger partial charge in [-0.1, -0.05) is 12.2 Å². The van der Waals surface area contributed by atoms with Crippen LogP contribution in [0.15, 0.2) is 35.6 Å². The van der Waals surface area contributed by atoms with Gasteiger partial charge in [-0.2, -0.15) is 0 Å². The molecule has 4 nitrogen and oxygen atoms in total. The van der Waals surface area contributed by atoms with Crippen molar-refractivity contribution in [1.82, 2.24) is 0 Å². The average Bonchev–Trinajstić information content (AvgIpc) is 2.37. The smallest absolute Gasteiger partial charge is 0.316 e. The molecule has 0 spiro atoms. The number of ketones is 1. The van der Waals surface area contributed by atoms with E-state index in [9.17, 15) is 9.59 Å². The SMILES string of the molecule is C\C=C/C(=C\C(C)=C\OC)C(=O)C(C)C(=O)OCC. The normalized spacial score (nSPS) is 14.4. The molecule has 0 heterocycles. The van der Waals surface area contributed by atoms with E-state index in [1.165, 1.54) is 13.4 Å². The van der Waals surface area contributed by atoms with Crippen molar-refractivity contribution in [2.24, 2.45) is 5.92 Å². The molecule has 0 aromatic rings. The highest BCUT2D eigenvalue weighted by atomic mass is 16.5. The van der Waals surface area contributed by atoms with Gasteiger partial charge in [-0.3, -0.25) is 9.59 Å². The van der Waals surface area contributed by atoms with Crippen molar-refractivity contribution in [1.29, 1.82) is 0 Å². The Bertz CT molecular complexity index is 402.